The van der Waals surface area contributed by atoms with E-state index in [1.807, 2.05) is 18.2 Å². The smallest absolute Gasteiger partial charge is 0.257 e. The minimum absolute atomic E-state index is 0.107. The van der Waals surface area contributed by atoms with Gasteiger partial charge in [0.15, 0.2) is 5.16 Å². The zero-order chi connectivity index (χ0) is 19.7. The maximum Gasteiger partial charge on any atom is 0.257 e. The Labute approximate surface area is 169 Å². The Kier molecular flexibility index (Phi) is 5.19. The molecule has 4 rings (SSSR count). The van der Waals surface area contributed by atoms with Crippen molar-refractivity contribution < 1.29 is 9.18 Å². The van der Waals surface area contributed by atoms with Crippen molar-refractivity contribution in [2.24, 2.45) is 0 Å². The van der Waals surface area contributed by atoms with Crippen LogP contribution in [0.5, 0.6) is 0 Å². The molecule has 2 heterocycles. The van der Waals surface area contributed by atoms with Crippen molar-refractivity contribution in [1.82, 2.24) is 9.97 Å². The lowest BCUT2D eigenvalue weighted by Crippen LogP contribution is -2.31. The number of hydrogen-bond acceptors (Lipinski definition) is 4. The van der Waals surface area contributed by atoms with Crippen LogP contribution in [0.4, 0.5) is 10.2 Å². The number of hydrogen-bond donors (Lipinski definition) is 2. The van der Waals surface area contributed by atoms with Crippen LogP contribution in [0.3, 0.4) is 0 Å². The zero-order valence-corrected chi connectivity index (χ0v) is 16.1. The van der Waals surface area contributed by atoms with Gasteiger partial charge in [-0.2, -0.15) is 0 Å². The van der Waals surface area contributed by atoms with Gasteiger partial charge in [-0.05, 0) is 29.3 Å². The first-order chi connectivity index (χ1) is 13.5. The van der Waals surface area contributed by atoms with Crippen LogP contribution in [0.1, 0.15) is 29.0 Å². The van der Waals surface area contributed by atoms with E-state index in [0.29, 0.717) is 27.1 Å². The second kappa shape index (κ2) is 7.77. The molecule has 1 aromatic heterocycles. The van der Waals surface area contributed by atoms with Crippen LogP contribution < -0.4 is 10.9 Å². The zero-order valence-electron chi connectivity index (χ0n) is 14.5. The third-order valence-electron chi connectivity index (χ3n) is 4.52. The molecule has 1 aliphatic rings. The number of benzene rings is 2. The fourth-order valence-electron chi connectivity index (χ4n) is 3.16. The summed E-state index contributed by atoms with van der Waals surface area (Å²) in [6, 6.07) is 13.2. The number of carbonyl (C=O) groups excluding carboxylic acids is 1. The van der Waals surface area contributed by atoms with Gasteiger partial charge in [-0.15, -0.1) is 0 Å². The molecule has 0 spiro atoms. The van der Waals surface area contributed by atoms with Crippen molar-refractivity contribution in [3.63, 3.8) is 0 Å². The molecule has 8 heteroatoms. The molecule has 0 aliphatic carbocycles. The Hall–Kier alpha value is -2.64. The van der Waals surface area contributed by atoms with Gasteiger partial charge in [0.1, 0.15) is 11.6 Å². The summed E-state index contributed by atoms with van der Waals surface area (Å²) in [6.07, 6.45) is 0.107. The second-order valence-corrected chi connectivity index (χ2v) is 7.74. The summed E-state index contributed by atoms with van der Waals surface area (Å²) in [5, 5.41) is 3.71. The van der Waals surface area contributed by atoms with Crippen LogP contribution in [0.25, 0.3) is 0 Å². The quantitative estimate of drug-likeness (QED) is 0.491. The van der Waals surface area contributed by atoms with Gasteiger partial charge in [0.2, 0.25) is 5.91 Å². The van der Waals surface area contributed by atoms with Crippen molar-refractivity contribution in [1.29, 1.82) is 0 Å². The van der Waals surface area contributed by atoms with E-state index in [4.69, 9.17) is 11.6 Å². The molecule has 1 atom stereocenters. The lowest BCUT2D eigenvalue weighted by molar-refractivity contribution is -0.116. The topological polar surface area (TPSA) is 74.8 Å². The third kappa shape index (κ3) is 3.81. The van der Waals surface area contributed by atoms with Gasteiger partial charge in [0.05, 0.1) is 5.56 Å². The number of fused-ring (bicyclic) bond motifs is 1. The number of aromatic amines is 1. The van der Waals surface area contributed by atoms with E-state index in [2.05, 4.69) is 15.3 Å². The molecule has 28 heavy (non-hydrogen) atoms. The summed E-state index contributed by atoms with van der Waals surface area (Å²) in [7, 11) is 0. The monoisotopic (exact) mass is 415 g/mol. The van der Waals surface area contributed by atoms with Crippen molar-refractivity contribution >= 4 is 35.1 Å². The highest BCUT2D eigenvalue weighted by Crippen LogP contribution is 2.35. The summed E-state index contributed by atoms with van der Waals surface area (Å²) in [5.41, 5.74) is 1.68. The molecule has 0 fully saturated rings. The summed E-state index contributed by atoms with van der Waals surface area (Å²) < 4.78 is 13.2. The molecule has 2 N–H and O–H groups in total. The number of nitrogens with one attached hydrogen (secondary N) is 2. The van der Waals surface area contributed by atoms with Crippen molar-refractivity contribution in [3.05, 3.63) is 86.4 Å². The molecular formula is C20H15ClFN3O2S. The Morgan fingerprint density at radius 3 is 2.64 bits per heavy atom. The van der Waals surface area contributed by atoms with Crippen LogP contribution in [-0.2, 0) is 10.5 Å². The van der Waals surface area contributed by atoms with Gasteiger partial charge in [-0.25, -0.2) is 9.37 Å². The average molecular weight is 416 g/mol. The van der Waals surface area contributed by atoms with Crippen LogP contribution >= 0.6 is 23.4 Å². The summed E-state index contributed by atoms with van der Waals surface area (Å²) in [6.45, 7) is 0. The minimum atomic E-state index is -0.469. The van der Waals surface area contributed by atoms with Crippen molar-refractivity contribution in [2.75, 3.05) is 5.32 Å². The Morgan fingerprint density at radius 2 is 1.89 bits per heavy atom. The van der Waals surface area contributed by atoms with Gasteiger partial charge in [-0.3, -0.25) is 9.59 Å². The lowest BCUT2D eigenvalue weighted by atomic mass is 9.87. The minimum Gasteiger partial charge on any atom is -0.310 e. The van der Waals surface area contributed by atoms with E-state index in [-0.39, 0.29) is 29.5 Å². The first-order valence-electron chi connectivity index (χ1n) is 8.57. The first kappa shape index (κ1) is 18.7. The molecule has 142 valence electrons. The van der Waals surface area contributed by atoms with E-state index in [9.17, 15) is 14.0 Å². The number of nitrogens with zero attached hydrogens (tertiary/aromatic N) is 1. The van der Waals surface area contributed by atoms with Crippen LogP contribution in [-0.4, -0.2) is 15.9 Å². The maximum absolute atomic E-state index is 13.2. The number of rotatable bonds is 4. The number of carbonyl (C=O) groups is 1. The molecule has 2 aromatic carbocycles. The molecule has 0 saturated carbocycles. The normalized spacial score (nSPS) is 15.8. The highest BCUT2D eigenvalue weighted by molar-refractivity contribution is 7.98. The van der Waals surface area contributed by atoms with Crippen LogP contribution in [0.15, 0.2) is 58.5 Å². The van der Waals surface area contributed by atoms with E-state index in [1.54, 1.807) is 18.2 Å². The van der Waals surface area contributed by atoms with E-state index in [0.717, 1.165) is 5.56 Å². The molecule has 0 radical (unpaired) electrons. The summed E-state index contributed by atoms with van der Waals surface area (Å²) in [4.78, 5) is 32.1. The molecule has 0 saturated heterocycles. The van der Waals surface area contributed by atoms with E-state index in [1.165, 1.54) is 23.9 Å². The van der Waals surface area contributed by atoms with E-state index >= 15 is 0 Å². The molecule has 1 amide bonds. The summed E-state index contributed by atoms with van der Waals surface area (Å²) >= 11 is 7.49. The average Bonchev–Trinajstić information content (AvgIpc) is 2.67. The predicted octanol–water partition coefficient (Wildman–Crippen LogP) is 4.33. The molecule has 1 unspecified atom stereocenters. The van der Waals surface area contributed by atoms with Gasteiger partial charge in [-0.1, -0.05) is 53.7 Å². The SMILES string of the molecule is O=C1CC(c2ccc(F)cc2)c2c(nc(SCc3ccccc3Cl)[nH]c2=O)N1. The number of amides is 1. The largest absolute Gasteiger partial charge is 0.310 e. The molecular weight excluding hydrogens is 401 g/mol. The highest BCUT2D eigenvalue weighted by atomic mass is 35.5. The molecule has 1 aliphatic heterocycles. The number of H-pyrrole nitrogens is 1. The first-order valence-corrected chi connectivity index (χ1v) is 9.93. The predicted molar refractivity (Wildman–Crippen MR) is 107 cm³/mol. The Balaban J connectivity index is 1.66. The number of thioether (sulfide) groups is 1. The van der Waals surface area contributed by atoms with E-state index < -0.39 is 5.92 Å². The summed E-state index contributed by atoms with van der Waals surface area (Å²) in [5.74, 6) is -0.305. The Bertz CT molecular complexity index is 1100. The Morgan fingerprint density at radius 1 is 1.14 bits per heavy atom. The van der Waals surface area contributed by atoms with Gasteiger partial charge >= 0.3 is 0 Å². The number of anilines is 1. The maximum atomic E-state index is 13.2. The standard InChI is InChI=1S/C20H15ClFN3O2S/c21-15-4-2-1-3-12(15)10-28-20-24-18-17(19(27)25-20)14(9-16(26)23-18)11-5-7-13(22)8-6-11/h1-8,14H,9-10H2,(H2,23,24,25,26,27). The van der Waals surface area contributed by atoms with Crippen molar-refractivity contribution in [3.8, 4) is 0 Å². The van der Waals surface area contributed by atoms with Crippen LogP contribution in [0, 0.1) is 5.82 Å². The lowest BCUT2D eigenvalue weighted by Gasteiger charge is -2.24. The van der Waals surface area contributed by atoms with Gasteiger partial charge < -0.3 is 10.3 Å². The molecule has 3 aromatic rings. The highest BCUT2D eigenvalue weighted by Gasteiger charge is 2.31. The number of aromatic nitrogens is 2. The fraction of sp³-hybridized carbons (Fsp3) is 0.150. The number of halogens is 2. The van der Waals surface area contributed by atoms with Gasteiger partial charge in [0, 0.05) is 23.1 Å². The molecule has 5 nitrogen and oxygen atoms in total. The fourth-order valence-corrected chi connectivity index (χ4v) is 4.31. The third-order valence-corrected chi connectivity index (χ3v) is 5.81. The van der Waals surface area contributed by atoms with Gasteiger partial charge in [0.25, 0.3) is 5.56 Å². The van der Waals surface area contributed by atoms with Crippen molar-refractivity contribution in [2.45, 2.75) is 23.2 Å². The van der Waals surface area contributed by atoms with Crippen LogP contribution in [0.2, 0.25) is 5.02 Å². The second-order valence-electron chi connectivity index (χ2n) is 6.37. The molecule has 0 bridgehead atoms.